The third kappa shape index (κ3) is 5.91. The molecule has 2 aromatic heterocycles. The second-order valence-corrected chi connectivity index (χ2v) is 9.29. The lowest BCUT2D eigenvalue weighted by atomic mass is 10.0. The van der Waals surface area contributed by atoms with Crippen LogP contribution >= 0.6 is 0 Å². The lowest BCUT2D eigenvalue weighted by molar-refractivity contribution is -0.144. The van der Waals surface area contributed by atoms with Crippen molar-refractivity contribution in [3.05, 3.63) is 80.9 Å². The predicted octanol–water partition coefficient (Wildman–Crippen LogP) is 3.86. The minimum absolute atomic E-state index is 0.0852. The number of ether oxygens (including phenoxy) is 2. The van der Waals surface area contributed by atoms with Gasteiger partial charge < -0.3 is 14.5 Å². The van der Waals surface area contributed by atoms with Crippen molar-refractivity contribution in [1.82, 2.24) is 30.1 Å². The lowest BCUT2D eigenvalue weighted by Crippen LogP contribution is -2.33. The number of methoxy groups -OCH3 is 1. The van der Waals surface area contributed by atoms with Crippen LogP contribution in [0.25, 0.3) is 10.9 Å². The standard InChI is InChI=1S/C28H34N6O4/c1-6-24(27-30-31-32-34(27)17-25(35)38-7-2)33(15-20-10-12-22(37-5)13-11-20)16-21-14-23-18(3)8-9-19(4)26(23)29-28(21)36/h8-14,24H,6-7,15-17H2,1-5H3,(H,29,36)/t24-/m0/s1. The molecule has 0 spiro atoms. The number of H-pyrrole nitrogens is 1. The van der Waals surface area contributed by atoms with E-state index in [1.54, 1.807) is 14.0 Å². The van der Waals surface area contributed by atoms with Crippen LogP contribution in [0.5, 0.6) is 5.75 Å². The molecule has 0 aliphatic carbocycles. The van der Waals surface area contributed by atoms with Crippen molar-refractivity contribution in [1.29, 1.82) is 0 Å². The maximum absolute atomic E-state index is 13.2. The molecule has 1 atom stereocenters. The van der Waals surface area contributed by atoms with Gasteiger partial charge in [0.2, 0.25) is 0 Å². The van der Waals surface area contributed by atoms with Gasteiger partial charge in [0.1, 0.15) is 12.3 Å². The summed E-state index contributed by atoms with van der Waals surface area (Å²) in [5.41, 5.74) is 4.52. The van der Waals surface area contributed by atoms with Crippen LogP contribution in [0.2, 0.25) is 0 Å². The Hall–Kier alpha value is -4.05. The van der Waals surface area contributed by atoms with E-state index in [0.717, 1.165) is 33.3 Å². The average molecular weight is 519 g/mol. The molecule has 0 aliphatic rings. The number of esters is 1. The van der Waals surface area contributed by atoms with Gasteiger partial charge in [0.25, 0.3) is 5.56 Å². The van der Waals surface area contributed by atoms with Gasteiger partial charge in [-0.25, -0.2) is 4.68 Å². The van der Waals surface area contributed by atoms with Crippen LogP contribution in [0.3, 0.4) is 0 Å². The van der Waals surface area contributed by atoms with E-state index in [4.69, 9.17) is 9.47 Å². The maximum atomic E-state index is 13.2. The molecule has 0 amide bonds. The molecule has 10 nitrogen and oxygen atoms in total. The van der Waals surface area contributed by atoms with Crippen molar-refractivity contribution in [2.45, 2.75) is 59.8 Å². The molecule has 200 valence electrons. The van der Waals surface area contributed by atoms with Crippen molar-refractivity contribution in [3.8, 4) is 5.75 Å². The van der Waals surface area contributed by atoms with Gasteiger partial charge in [0.15, 0.2) is 5.82 Å². The molecule has 4 rings (SSSR count). The third-order valence-electron chi connectivity index (χ3n) is 6.71. The van der Waals surface area contributed by atoms with Gasteiger partial charge in [0.05, 0.1) is 25.3 Å². The highest BCUT2D eigenvalue weighted by molar-refractivity contribution is 5.85. The van der Waals surface area contributed by atoms with Gasteiger partial charge in [-0.1, -0.05) is 31.2 Å². The van der Waals surface area contributed by atoms with Crippen LogP contribution in [0.15, 0.2) is 47.3 Å². The second kappa shape index (κ2) is 12.0. The Kier molecular flexibility index (Phi) is 8.52. The zero-order chi connectivity index (χ0) is 27.2. The first-order valence-electron chi connectivity index (χ1n) is 12.7. The molecule has 10 heteroatoms. The van der Waals surface area contributed by atoms with Crippen molar-refractivity contribution in [2.75, 3.05) is 13.7 Å². The number of aromatic amines is 1. The maximum Gasteiger partial charge on any atom is 0.327 e. The number of carbonyl (C=O) groups is 1. The fraction of sp³-hybridized carbons (Fsp3) is 0.393. The van der Waals surface area contributed by atoms with Crippen molar-refractivity contribution in [2.24, 2.45) is 0 Å². The summed E-state index contributed by atoms with van der Waals surface area (Å²) >= 11 is 0. The summed E-state index contributed by atoms with van der Waals surface area (Å²) in [6, 6.07) is 13.6. The summed E-state index contributed by atoms with van der Waals surface area (Å²) in [6.45, 7) is 8.90. The second-order valence-electron chi connectivity index (χ2n) is 9.29. The first kappa shape index (κ1) is 27.0. The molecular weight excluding hydrogens is 484 g/mol. The number of aromatic nitrogens is 5. The van der Waals surface area contributed by atoms with Gasteiger partial charge in [-0.2, -0.15) is 0 Å². The van der Waals surface area contributed by atoms with E-state index in [9.17, 15) is 9.59 Å². The minimum Gasteiger partial charge on any atom is -0.497 e. The Labute approximate surface area is 221 Å². The van der Waals surface area contributed by atoms with Crippen molar-refractivity contribution >= 4 is 16.9 Å². The first-order valence-corrected chi connectivity index (χ1v) is 12.7. The number of hydrogen-bond acceptors (Lipinski definition) is 8. The minimum atomic E-state index is -0.408. The first-order chi connectivity index (χ1) is 18.3. The fourth-order valence-electron chi connectivity index (χ4n) is 4.69. The summed E-state index contributed by atoms with van der Waals surface area (Å²) in [6.07, 6.45) is 0.656. The molecule has 2 aromatic carbocycles. The Bertz CT molecular complexity index is 1460. The molecular formula is C28H34N6O4. The van der Waals surface area contributed by atoms with E-state index in [0.29, 0.717) is 30.9 Å². The summed E-state index contributed by atoms with van der Waals surface area (Å²) in [5.74, 6) is 0.898. The highest BCUT2D eigenvalue weighted by Gasteiger charge is 2.27. The molecule has 0 saturated heterocycles. The third-order valence-corrected chi connectivity index (χ3v) is 6.71. The fourth-order valence-corrected chi connectivity index (χ4v) is 4.69. The molecule has 0 radical (unpaired) electrons. The van der Waals surface area contributed by atoms with Gasteiger partial charge >= 0.3 is 5.97 Å². The number of aryl methyl sites for hydroxylation is 2. The normalized spacial score (nSPS) is 12.2. The molecule has 0 unspecified atom stereocenters. The van der Waals surface area contributed by atoms with Gasteiger partial charge in [0, 0.05) is 24.0 Å². The monoisotopic (exact) mass is 518 g/mol. The molecule has 0 aliphatic heterocycles. The van der Waals surface area contributed by atoms with Crippen molar-refractivity contribution in [3.63, 3.8) is 0 Å². The van der Waals surface area contributed by atoms with Crippen LogP contribution in [0.1, 0.15) is 54.4 Å². The Morgan fingerprint density at radius 2 is 1.82 bits per heavy atom. The molecule has 0 saturated carbocycles. The molecule has 0 bridgehead atoms. The van der Waals surface area contributed by atoms with E-state index >= 15 is 0 Å². The molecule has 1 N–H and O–H groups in total. The molecule has 0 fully saturated rings. The molecule has 2 heterocycles. The number of hydrogen-bond donors (Lipinski definition) is 1. The quantitative estimate of drug-likeness (QED) is 0.298. The number of tetrazole rings is 1. The van der Waals surface area contributed by atoms with Crippen molar-refractivity contribution < 1.29 is 14.3 Å². The van der Waals surface area contributed by atoms with E-state index in [1.807, 2.05) is 57.2 Å². The Morgan fingerprint density at radius 3 is 2.50 bits per heavy atom. The number of fused-ring (bicyclic) bond motifs is 1. The number of nitrogens with zero attached hydrogens (tertiary/aromatic N) is 5. The highest BCUT2D eigenvalue weighted by atomic mass is 16.5. The van der Waals surface area contributed by atoms with Gasteiger partial charge in [-0.05, 0) is 72.5 Å². The highest BCUT2D eigenvalue weighted by Crippen LogP contribution is 2.28. The topological polar surface area (TPSA) is 115 Å². The number of carbonyl (C=O) groups excluding carboxylic acids is 1. The summed E-state index contributed by atoms with van der Waals surface area (Å²) < 4.78 is 11.9. The Morgan fingerprint density at radius 1 is 1.08 bits per heavy atom. The van der Waals surface area contributed by atoms with Crippen LogP contribution in [0, 0.1) is 13.8 Å². The lowest BCUT2D eigenvalue weighted by Gasteiger charge is -2.30. The van der Waals surface area contributed by atoms with E-state index in [-0.39, 0.29) is 24.8 Å². The predicted molar refractivity (Wildman–Crippen MR) is 144 cm³/mol. The number of rotatable bonds is 11. The van der Waals surface area contributed by atoms with Gasteiger partial charge in [-0.3, -0.25) is 14.5 Å². The van der Waals surface area contributed by atoms with Crippen LogP contribution in [0.4, 0.5) is 0 Å². The Balaban J connectivity index is 1.74. The molecule has 4 aromatic rings. The van der Waals surface area contributed by atoms with Crippen LogP contribution in [-0.4, -0.2) is 49.8 Å². The van der Waals surface area contributed by atoms with Crippen LogP contribution < -0.4 is 10.3 Å². The smallest absolute Gasteiger partial charge is 0.327 e. The van der Waals surface area contributed by atoms with E-state index in [1.165, 1.54) is 4.68 Å². The summed E-state index contributed by atoms with van der Waals surface area (Å²) in [4.78, 5) is 30.7. The largest absolute Gasteiger partial charge is 0.497 e. The molecule has 38 heavy (non-hydrogen) atoms. The van der Waals surface area contributed by atoms with E-state index < -0.39 is 5.97 Å². The zero-order valence-electron chi connectivity index (χ0n) is 22.5. The summed E-state index contributed by atoms with van der Waals surface area (Å²) in [5, 5.41) is 13.2. The number of pyridine rings is 1. The van der Waals surface area contributed by atoms with E-state index in [2.05, 4.69) is 31.5 Å². The summed E-state index contributed by atoms with van der Waals surface area (Å²) in [7, 11) is 1.63. The number of nitrogens with one attached hydrogen (secondary N) is 1. The van der Waals surface area contributed by atoms with Gasteiger partial charge in [-0.15, -0.1) is 5.10 Å². The zero-order valence-corrected chi connectivity index (χ0v) is 22.5. The average Bonchev–Trinajstić information content (AvgIpc) is 3.35. The van der Waals surface area contributed by atoms with Crippen LogP contribution in [-0.2, 0) is 29.2 Å². The number of benzene rings is 2. The SMILES string of the molecule is CCOC(=O)Cn1nnnc1[C@H](CC)N(Cc1ccc(OC)cc1)Cc1cc2c(C)ccc(C)c2[nH]c1=O.